The molecule has 1 aromatic carbocycles. The molecular formula is C18H25N3O4S. The number of amides is 2. The molecule has 0 saturated carbocycles. The highest BCUT2D eigenvalue weighted by atomic mass is 32.1. The van der Waals surface area contributed by atoms with E-state index >= 15 is 0 Å². The zero-order valence-electron chi connectivity index (χ0n) is 15.7. The standard InChI is InChI=1S/C18H25N3O4S/c1-21(2)14(12-6-7-26-11-12)10-19-18(22)20-13-8-15(23-3)17(25-5)16(9-13)24-4/h6-9,11,14H,10H2,1-5H3,(H2,19,20,22). The first-order chi connectivity index (χ1) is 12.5. The van der Waals surface area contributed by atoms with Crippen LogP contribution in [0.4, 0.5) is 10.5 Å². The van der Waals surface area contributed by atoms with E-state index in [0.29, 0.717) is 29.5 Å². The molecule has 1 unspecified atom stereocenters. The van der Waals surface area contributed by atoms with Gasteiger partial charge in [0.15, 0.2) is 11.5 Å². The zero-order valence-corrected chi connectivity index (χ0v) is 16.5. The molecule has 0 radical (unpaired) electrons. The van der Waals surface area contributed by atoms with Crippen LogP contribution in [0.2, 0.25) is 0 Å². The predicted molar refractivity (Wildman–Crippen MR) is 104 cm³/mol. The molecular weight excluding hydrogens is 354 g/mol. The number of hydrogen-bond donors (Lipinski definition) is 2. The molecule has 0 saturated heterocycles. The number of thiophene rings is 1. The molecule has 2 aromatic rings. The van der Waals surface area contributed by atoms with Crippen LogP contribution in [-0.4, -0.2) is 52.9 Å². The Bertz CT molecular complexity index is 694. The Kier molecular flexibility index (Phi) is 7.11. The van der Waals surface area contributed by atoms with Crippen molar-refractivity contribution in [3.63, 3.8) is 0 Å². The number of carbonyl (C=O) groups is 1. The van der Waals surface area contributed by atoms with E-state index in [9.17, 15) is 4.79 Å². The lowest BCUT2D eigenvalue weighted by atomic mass is 10.1. The minimum absolute atomic E-state index is 0.104. The first-order valence-corrected chi connectivity index (χ1v) is 8.97. The summed E-state index contributed by atoms with van der Waals surface area (Å²) in [6.45, 7) is 0.486. The summed E-state index contributed by atoms with van der Waals surface area (Å²) in [7, 11) is 8.57. The van der Waals surface area contributed by atoms with Gasteiger partial charge < -0.3 is 29.7 Å². The van der Waals surface area contributed by atoms with Crippen molar-refractivity contribution in [2.75, 3.05) is 47.3 Å². The van der Waals surface area contributed by atoms with Crippen LogP contribution in [0.3, 0.4) is 0 Å². The fourth-order valence-corrected chi connectivity index (χ4v) is 3.29. The van der Waals surface area contributed by atoms with Gasteiger partial charge in [0, 0.05) is 18.7 Å². The summed E-state index contributed by atoms with van der Waals surface area (Å²) >= 11 is 1.64. The summed E-state index contributed by atoms with van der Waals surface area (Å²) in [4.78, 5) is 14.4. The van der Waals surface area contributed by atoms with Gasteiger partial charge in [-0.05, 0) is 36.5 Å². The van der Waals surface area contributed by atoms with Crippen molar-refractivity contribution >= 4 is 23.1 Å². The third-order valence-corrected chi connectivity index (χ3v) is 4.63. The molecule has 0 aliphatic carbocycles. The number of ether oxygens (including phenoxy) is 3. The van der Waals surface area contributed by atoms with Crippen molar-refractivity contribution in [3.05, 3.63) is 34.5 Å². The van der Waals surface area contributed by atoms with Gasteiger partial charge >= 0.3 is 6.03 Å². The van der Waals surface area contributed by atoms with Crippen molar-refractivity contribution < 1.29 is 19.0 Å². The summed E-state index contributed by atoms with van der Waals surface area (Å²) in [5.74, 6) is 1.43. The largest absolute Gasteiger partial charge is 0.493 e. The first kappa shape index (κ1) is 19.9. The van der Waals surface area contributed by atoms with Crippen LogP contribution in [0.15, 0.2) is 29.0 Å². The number of hydrogen-bond acceptors (Lipinski definition) is 6. The molecule has 1 aromatic heterocycles. The van der Waals surface area contributed by atoms with Crippen LogP contribution >= 0.6 is 11.3 Å². The van der Waals surface area contributed by atoms with Crippen LogP contribution < -0.4 is 24.8 Å². The predicted octanol–water partition coefficient (Wildman–Crippen LogP) is 3.20. The third kappa shape index (κ3) is 4.80. The smallest absolute Gasteiger partial charge is 0.319 e. The molecule has 0 spiro atoms. The van der Waals surface area contributed by atoms with Crippen molar-refractivity contribution in [3.8, 4) is 17.2 Å². The number of benzene rings is 1. The molecule has 0 fully saturated rings. The summed E-state index contributed by atoms with van der Waals surface area (Å²) < 4.78 is 15.9. The lowest BCUT2D eigenvalue weighted by Crippen LogP contribution is -2.36. The van der Waals surface area contributed by atoms with E-state index in [1.165, 1.54) is 26.9 Å². The van der Waals surface area contributed by atoms with Crippen molar-refractivity contribution in [1.82, 2.24) is 10.2 Å². The fraction of sp³-hybridized carbons (Fsp3) is 0.389. The Morgan fingerprint density at radius 3 is 2.27 bits per heavy atom. The minimum atomic E-state index is -0.304. The molecule has 7 nitrogen and oxygen atoms in total. The SMILES string of the molecule is COc1cc(NC(=O)NCC(c2ccsc2)N(C)C)cc(OC)c1OC. The second-order valence-corrected chi connectivity index (χ2v) is 6.57. The highest BCUT2D eigenvalue weighted by Crippen LogP contribution is 2.39. The number of nitrogens with zero attached hydrogens (tertiary/aromatic N) is 1. The topological polar surface area (TPSA) is 72.1 Å². The van der Waals surface area contributed by atoms with Crippen molar-refractivity contribution in [2.45, 2.75) is 6.04 Å². The Labute approximate surface area is 157 Å². The Morgan fingerprint density at radius 1 is 1.15 bits per heavy atom. The van der Waals surface area contributed by atoms with Crippen LogP contribution in [0.1, 0.15) is 11.6 Å². The van der Waals surface area contributed by atoms with Gasteiger partial charge in [-0.3, -0.25) is 0 Å². The quantitative estimate of drug-likeness (QED) is 0.737. The Balaban J connectivity index is 2.05. The number of nitrogens with one attached hydrogen (secondary N) is 2. The summed E-state index contributed by atoms with van der Waals surface area (Å²) in [5, 5.41) is 9.82. The summed E-state index contributed by atoms with van der Waals surface area (Å²) in [5.41, 5.74) is 1.72. The average Bonchev–Trinajstić information content (AvgIpc) is 3.14. The van der Waals surface area contributed by atoms with Crippen LogP contribution in [-0.2, 0) is 0 Å². The molecule has 26 heavy (non-hydrogen) atoms. The molecule has 0 aliphatic rings. The third-order valence-electron chi connectivity index (χ3n) is 3.93. The van der Waals surface area contributed by atoms with E-state index in [2.05, 4.69) is 27.0 Å². The van der Waals surface area contributed by atoms with E-state index in [1.54, 1.807) is 23.5 Å². The molecule has 2 rings (SSSR count). The maximum absolute atomic E-state index is 12.3. The molecule has 1 atom stereocenters. The van der Waals surface area contributed by atoms with Crippen molar-refractivity contribution in [2.24, 2.45) is 0 Å². The molecule has 1 heterocycles. The van der Waals surface area contributed by atoms with Crippen LogP contribution in [0.5, 0.6) is 17.2 Å². The van der Waals surface area contributed by atoms with Crippen LogP contribution in [0, 0.1) is 0 Å². The molecule has 2 amide bonds. The van der Waals surface area contributed by atoms with E-state index in [-0.39, 0.29) is 12.1 Å². The zero-order chi connectivity index (χ0) is 19.1. The van der Waals surface area contributed by atoms with Gasteiger partial charge in [0.1, 0.15) is 0 Å². The van der Waals surface area contributed by atoms with E-state index in [0.717, 1.165) is 0 Å². The lowest BCUT2D eigenvalue weighted by Gasteiger charge is -2.24. The fourth-order valence-electron chi connectivity index (χ4n) is 2.58. The summed E-state index contributed by atoms with van der Waals surface area (Å²) in [6.07, 6.45) is 0. The number of methoxy groups -OCH3 is 3. The number of carbonyl (C=O) groups excluding carboxylic acids is 1. The highest BCUT2D eigenvalue weighted by molar-refractivity contribution is 7.07. The van der Waals surface area contributed by atoms with Gasteiger partial charge in [0.25, 0.3) is 0 Å². The molecule has 2 N–H and O–H groups in total. The van der Waals surface area contributed by atoms with Gasteiger partial charge in [-0.25, -0.2) is 4.79 Å². The maximum atomic E-state index is 12.3. The van der Waals surface area contributed by atoms with Crippen molar-refractivity contribution in [1.29, 1.82) is 0 Å². The molecule has 0 aliphatic heterocycles. The van der Waals surface area contributed by atoms with E-state index in [4.69, 9.17) is 14.2 Å². The van der Waals surface area contributed by atoms with E-state index < -0.39 is 0 Å². The van der Waals surface area contributed by atoms with Gasteiger partial charge in [-0.2, -0.15) is 11.3 Å². The van der Waals surface area contributed by atoms with Gasteiger partial charge in [0.2, 0.25) is 5.75 Å². The van der Waals surface area contributed by atoms with E-state index in [1.807, 2.05) is 19.5 Å². The highest BCUT2D eigenvalue weighted by Gasteiger charge is 2.17. The normalized spacial score (nSPS) is 11.8. The second kappa shape index (κ2) is 9.30. The maximum Gasteiger partial charge on any atom is 0.319 e. The monoisotopic (exact) mass is 379 g/mol. The molecule has 8 heteroatoms. The lowest BCUT2D eigenvalue weighted by molar-refractivity contribution is 0.243. The van der Waals surface area contributed by atoms with Gasteiger partial charge in [-0.15, -0.1) is 0 Å². The number of rotatable bonds is 8. The summed E-state index contributed by atoms with van der Waals surface area (Å²) in [6, 6.07) is 5.23. The molecule has 142 valence electrons. The number of anilines is 1. The number of likely N-dealkylation sites (N-methyl/N-ethyl adjacent to an activating group) is 1. The van der Waals surface area contributed by atoms with Gasteiger partial charge in [-0.1, -0.05) is 0 Å². The number of urea groups is 1. The first-order valence-electron chi connectivity index (χ1n) is 8.03. The minimum Gasteiger partial charge on any atom is -0.493 e. The Morgan fingerprint density at radius 2 is 1.81 bits per heavy atom. The van der Waals surface area contributed by atoms with Gasteiger partial charge in [0.05, 0.1) is 33.1 Å². The molecule has 0 bridgehead atoms. The second-order valence-electron chi connectivity index (χ2n) is 5.79. The van der Waals surface area contributed by atoms with Crippen LogP contribution in [0.25, 0.3) is 0 Å². The Hall–Kier alpha value is -2.45. The average molecular weight is 379 g/mol.